The first-order valence-electron chi connectivity index (χ1n) is 11.9. The molecule has 9 heteroatoms. The van der Waals surface area contributed by atoms with Gasteiger partial charge in [-0.1, -0.05) is 6.07 Å². The van der Waals surface area contributed by atoms with Gasteiger partial charge in [-0.3, -0.25) is 24.3 Å². The van der Waals surface area contributed by atoms with Crippen LogP contribution in [0.5, 0.6) is 0 Å². The van der Waals surface area contributed by atoms with Gasteiger partial charge in [-0.05, 0) is 49.1 Å². The quantitative estimate of drug-likeness (QED) is 0.509. The molecule has 0 spiro atoms. The van der Waals surface area contributed by atoms with Gasteiger partial charge in [-0.25, -0.2) is 8.78 Å². The summed E-state index contributed by atoms with van der Waals surface area (Å²) in [6, 6.07) is 7.77. The van der Waals surface area contributed by atoms with E-state index in [1.54, 1.807) is 6.20 Å². The van der Waals surface area contributed by atoms with Crippen molar-refractivity contribution < 1.29 is 13.2 Å². The smallest absolute Gasteiger partial charge is 0.257 e. The molecule has 4 heterocycles. The predicted molar refractivity (Wildman–Crippen MR) is 127 cm³/mol. The number of benzene rings is 1. The number of nitrogens with zero attached hydrogens (tertiary/aromatic N) is 4. The van der Waals surface area contributed by atoms with Crippen molar-refractivity contribution in [3.63, 3.8) is 0 Å². The van der Waals surface area contributed by atoms with Crippen LogP contribution in [0.15, 0.2) is 36.7 Å². The zero-order chi connectivity index (χ0) is 23.9. The lowest BCUT2D eigenvalue weighted by atomic mass is 9.85. The van der Waals surface area contributed by atoms with Crippen LogP contribution < -0.4 is 5.32 Å². The summed E-state index contributed by atoms with van der Waals surface area (Å²) in [5, 5.41) is 11.7. The van der Waals surface area contributed by atoms with E-state index >= 15 is 0 Å². The van der Waals surface area contributed by atoms with Gasteiger partial charge < -0.3 is 5.32 Å². The Hall–Kier alpha value is -2.65. The largest absolute Gasteiger partial charge is 0.378 e. The fraction of sp³-hybridized carbons (Fsp3) is 0.520. The van der Waals surface area contributed by atoms with Gasteiger partial charge in [0.05, 0.1) is 54.6 Å². The minimum atomic E-state index is -2.82. The Morgan fingerprint density at radius 1 is 1.18 bits per heavy atom. The molecule has 1 aromatic carbocycles. The van der Waals surface area contributed by atoms with Crippen molar-refractivity contribution in [1.29, 1.82) is 0 Å². The highest BCUT2D eigenvalue weighted by atomic mass is 19.3. The molecular weight excluding hydrogens is 441 g/mol. The number of aromatic amines is 1. The number of aromatic nitrogens is 3. The number of likely N-dealkylation sites (tertiary alicyclic amines) is 1. The van der Waals surface area contributed by atoms with Crippen molar-refractivity contribution in [2.45, 2.75) is 50.7 Å². The molecule has 2 aliphatic rings. The number of nitrogens with one attached hydrogen (secondary N) is 2. The molecule has 0 bridgehead atoms. The van der Waals surface area contributed by atoms with Gasteiger partial charge in [-0.2, -0.15) is 5.10 Å². The lowest BCUT2D eigenvalue weighted by Gasteiger charge is -2.43. The van der Waals surface area contributed by atoms with E-state index in [2.05, 4.69) is 20.4 Å². The van der Waals surface area contributed by atoms with Crippen LogP contribution in [0.25, 0.3) is 10.9 Å². The summed E-state index contributed by atoms with van der Waals surface area (Å²) in [5.41, 5.74) is 4.76. The minimum Gasteiger partial charge on any atom is -0.378 e. The SMILES string of the molecule is C[C@@H]1Cc2c(ccc3[nH]ncc23)C(c2ccc(NC3CN(CCCF)C3)cn2)N1CC(C)(F)F. The Labute approximate surface area is 197 Å². The van der Waals surface area contributed by atoms with Gasteiger partial charge in [0.2, 0.25) is 0 Å². The Kier molecular flexibility index (Phi) is 6.24. The predicted octanol–water partition coefficient (Wildman–Crippen LogP) is 4.40. The van der Waals surface area contributed by atoms with E-state index in [1.807, 2.05) is 42.3 Å². The molecule has 3 aromatic rings. The van der Waals surface area contributed by atoms with Gasteiger partial charge in [0.1, 0.15) is 0 Å². The third-order valence-corrected chi connectivity index (χ3v) is 6.93. The first-order chi connectivity index (χ1) is 16.3. The fourth-order valence-electron chi connectivity index (χ4n) is 5.33. The van der Waals surface area contributed by atoms with Crippen LogP contribution in [-0.4, -0.2) is 75.8 Å². The maximum Gasteiger partial charge on any atom is 0.257 e. The summed E-state index contributed by atoms with van der Waals surface area (Å²) in [4.78, 5) is 8.82. The summed E-state index contributed by atoms with van der Waals surface area (Å²) in [6.45, 7) is 4.91. The maximum absolute atomic E-state index is 14.2. The second kappa shape index (κ2) is 9.19. The number of rotatable bonds is 8. The molecule has 2 aliphatic heterocycles. The van der Waals surface area contributed by atoms with E-state index in [4.69, 9.17) is 4.98 Å². The molecule has 6 nitrogen and oxygen atoms in total. The van der Waals surface area contributed by atoms with Crippen molar-refractivity contribution in [2.24, 2.45) is 0 Å². The summed E-state index contributed by atoms with van der Waals surface area (Å²) >= 11 is 0. The molecule has 0 aliphatic carbocycles. The standard InChI is InChI=1S/C25H31F3N6/c1-16-10-20-19(5-7-22-21(20)12-30-32-22)24(34(16)15-25(2,27)28)23-6-4-17(11-29-23)31-18-13-33(14-18)9-3-8-26/h4-7,11-12,16,18,24,31H,3,8-10,13-15H2,1-2H3,(H,30,32)/t16-,24?/m1/s1. The molecular formula is C25H31F3N6. The minimum absolute atomic E-state index is 0.0753. The molecule has 2 atom stereocenters. The number of halogens is 3. The van der Waals surface area contributed by atoms with Crippen LogP contribution in [0.2, 0.25) is 0 Å². The van der Waals surface area contributed by atoms with E-state index in [-0.39, 0.29) is 25.3 Å². The van der Waals surface area contributed by atoms with Crippen LogP contribution in [-0.2, 0) is 6.42 Å². The van der Waals surface area contributed by atoms with Crippen LogP contribution in [0.4, 0.5) is 18.9 Å². The molecule has 1 saturated heterocycles. The van der Waals surface area contributed by atoms with Crippen LogP contribution >= 0.6 is 0 Å². The Morgan fingerprint density at radius 3 is 2.71 bits per heavy atom. The summed E-state index contributed by atoms with van der Waals surface area (Å²) in [6.07, 6.45) is 4.86. The van der Waals surface area contributed by atoms with E-state index in [0.717, 1.165) is 60.0 Å². The lowest BCUT2D eigenvalue weighted by molar-refractivity contribution is -0.0366. The summed E-state index contributed by atoms with van der Waals surface area (Å²) in [7, 11) is 0. The molecule has 0 saturated carbocycles. The summed E-state index contributed by atoms with van der Waals surface area (Å²) < 4.78 is 40.7. The van der Waals surface area contributed by atoms with Crippen molar-refractivity contribution in [3.05, 3.63) is 53.5 Å². The summed E-state index contributed by atoms with van der Waals surface area (Å²) in [5.74, 6) is -2.82. The highest BCUT2D eigenvalue weighted by molar-refractivity contribution is 5.83. The third-order valence-electron chi connectivity index (χ3n) is 6.93. The maximum atomic E-state index is 14.2. The second-order valence-electron chi connectivity index (χ2n) is 9.78. The van der Waals surface area contributed by atoms with Crippen molar-refractivity contribution in [2.75, 3.05) is 38.2 Å². The molecule has 2 aromatic heterocycles. The molecule has 2 N–H and O–H groups in total. The number of anilines is 1. The average molecular weight is 473 g/mol. The van der Waals surface area contributed by atoms with Crippen molar-refractivity contribution in [1.82, 2.24) is 25.0 Å². The Morgan fingerprint density at radius 2 is 2.00 bits per heavy atom. The number of alkyl halides is 3. The number of H-pyrrole nitrogens is 1. The second-order valence-corrected chi connectivity index (χ2v) is 9.78. The van der Waals surface area contributed by atoms with Crippen molar-refractivity contribution >= 4 is 16.6 Å². The van der Waals surface area contributed by atoms with Gasteiger partial charge in [0.15, 0.2) is 0 Å². The van der Waals surface area contributed by atoms with Crippen LogP contribution in [0.1, 0.15) is 43.1 Å². The molecule has 1 fully saturated rings. The Balaban J connectivity index is 1.40. The van der Waals surface area contributed by atoms with E-state index in [0.29, 0.717) is 18.9 Å². The topological polar surface area (TPSA) is 60.1 Å². The lowest BCUT2D eigenvalue weighted by Crippen LogP contribution is -2.54. The zero-order valence-electron chi connectivity index (χ0n) is 19.6. The molecule has 182 valence electrons. The zero-order valence-corrected chi connectivity index (χ0v) is 19.6. The van der Waals surface area contributed by atoms with E-state index in [1.165, 1.54) is 0 Å². The first kappa shape index (κ1) is 23.1. The average Bonchev–Trinajstić information content (AvgIpc) is 3.25. The molecule has 0 radical (unpaired) electrons. The number of hydrogen-bond donors (Lipinski definition) is 2. The number of fused-ring (bicyclic) bond motifs is 3. The van der Waals surface area contributed by atoms with Gasteiger partial charge in [0, 0.05) is 38.0 Å². The number of pyridine rings is 1. The van der Waals surface area contributed by atoms with Gasteiger partial charge in [0.25, 0.3) is 5.92 Å². The highest BCUT2D eigenvalue weighted by Crippen LogP contribution is 2.41. The van der Waals surface area contributed by atoms with Crippen molar-refractivity contribution in [3.8, 4) is 0 Å². The Bertz CT molecular complexity index is 1120. The monoisotopic (exact) mass is 472 g/mol. The van der Waals surface area contributed by atoms with Crippen LogP contribution in [0.3, 0.4) is 0 Å². The van der Waals surface area contributed by atoms with E-state index in [9.17, 15) is 13.2 Å². The van der Waals surface area contributed by atoms with E-state index < -0.39 is 5.92 Å². The molecule has 34 heavy (non-hydrogen) atoms. The molecule has 5 rings (SSSR count). The fourth-order valence-corrected chi connectivity index (χ4v) is 5.33. The van der Waals surface area contributed by atoms with Crippen LogP contribution in [0, 0.1) is 0 Å². The molecule has 1 unspecified atom stereocenters. The normalized spacial score (nSPS) is 22.0. The third kappa shape index (κ3) is 4.63. The van der Waals surface area contributed by atoms with Gasteiger partial charge >= 0.3 is 0 Å². The number of hydrogen-bond acceptors (Lipinski definition) is 5. The molecule has 0 amide bonds. The first-order valence-corrected chi connectivity index (χ1v) is 11.9. The highest BCUT2D eigenvalue weighted by Gasteiger charge is 2.39. The van der Waals surface area contributed by atoms with Gasteiger partial charge in [-0.15, -0.1) is 0 Å².